The molecule has 0 spiro atoms. The molecule has 3 rings (SSSR count). The van der Waals surface area contributed by atoms with Gasteiger partial charge in [0.05, 0.1) is 6.33 Å². The van der Waals surface area contributed by atoms with Gasteiger partial charge >= 0.3 is 0 Å². The molecule has 19 heavy (non-hydrogen) atoms. The number of anilines is 1. The zero-order valence-electron chi connectivity index (χ0n) is 9.75. The summed E-state index contributed by atoms with van der Waals surface area (Å²) in [5.41, 5.74) is 6.40. The van der Waals surface area contributed by atoms with Crippen LogP contribution in [0.5, 0.6) is 0 Å². The van der Waals surface area contributed by atoms with Crippen LogP contribution in [0.25, 0.3) is 11.2 Å². The molecule has 0 aromatic carbocycles. The molecule has 0 aliphatic carbocycles. The van der Waals surface area contributed by atoms with Gasteiger partial charge in [-0.25, -0.2) is 20.1 Å². The quantitative estimate of drug-likeness (QED) is 0.598. The minimum Gasteiger partial charge on any atom is -0.387 e. The summed E-state index contributed by atoms with van der Waals surface area (Å²) >= 11 is 0. The number of imidazole rings is 1. The first-order valence-electron chi connectivity index (χ1n) is 5.66. The van der Waals surface area contributed by atoms with E-state index >= 15 is 0 Å². The molecule has 1 aliphatic rings. The highest BCUT2D eigenvalue weighted by Crippen LogP contribution is 2.31. The van der Waals surface area contributed by atoms with E-state index in [0.717, 1.165) is 0 Å². The van der Waals surface area contributed by atoms with Crippen LogP contribution in [0.15, 0.2) is 12.7 Å². The van der Waals surface area contributed by atoms with E-state index in [-0.39, 0.29) is 5.82 Å². The highest BCUT2D eigenvalue weighted by molar-refractivity contribution is 5.81. The summed E-state index contributed by atoms with van der Waals surface area (Å²) in [4.78, 5) is 11.9. The molecule has 9 heteroatoms. The van der Waals surface area contributed by atoms with E-state index in [1.807, 2.05) is 0 Å². The first-order valence-corrected chi connectivity index (χ1v) is 5.66. The van der Waals surface area contributed by atoms with Gasteiger partial charge in [0.2, 0.25) is 0 Å². The molecule has 9 nitrogen and oxygen atoms in total. The Bertz CT molecular complexity index is 603. The number of rotatable bonds is 2. The molecule has 2 aromatic heterocycles. The van der Waals surface area contributed by atoms with Crippen LogP contribution in [0.1, 0.15) is 6.23 Å². The highest BCUT2D eigenvalue weighted by atomic mass is 16.6. The normalized spacial score (nSPS) is 31.1. The summed E-state index contributed by atoms with van der Waals surface area (Å²) in [5, 5.41) is 30.5. The van der Waals surface area contributed by atoms with Gasteiger partial charge in [0.25, 0.3) is 0 Å². The second-order valence-electron chi connectivity index (χ2n) is 4.30. The minimum atomic E-state index is -1.24. The lowest BCUT2D eigenvalue weighted by Gasteiger charge is -2.16. The van der Waals surface area contributed by atoms with E-state index < -0.39 is 31.1 Å². The fourth-order valence-electron chi connectivity index (χ4n) is 2.15. The van der Waals surface area contributed by atoms with Crippen molar-refractivity contribution in [1.29, 1.82) is 0 Å². The van der Waals surface area contributed by atoms with Gasteiger partial charge in [0.15, 0.2) is 17.7 Å². The third kappa shape index (κ3) is 1.75. The van der Waals surface area contributed by atoms with Crippen molar-refractivity contribution in [2.75, 3.05) is 12.3 Å². The molecule has 0 unspecified atom stereocenters. The number of fused-ring (bicyclic) bond motifs is 1. The highest BCUT2D eigenvalue weighted by Gasteiger charge is 2.44. The van der Waals surface area contributed by atoms with Crippen LogP contribution in [0.4, 0.5) is 5.82 Å². The van der Waals surface area contributed by atoms with Crippen LogP contribution in [0.2, 0.25) is 0 Å². The summed E-state index contributed by atoms with van der Waals surface area (Å²) in [6.07, 6.45) is -1.71. The van der Waals surface area contributed by atoms with E-state index in [0.29, 0.717) is 11.2 Å². The summed E-state index contributed by atoms with van der Waals surface area (Å²) in [6.45, 7) is -0.640. The van der Waals surface area contributed by atoms with Gasteiger partial charge in [0.1, 0.15) is 36.8 Å². The summed E-state index contributed by atoms with van der Waals surface area (Å²) in [5.74, 6) is 0.206. The molecule has 1 radical (unpaired) electrons. The number of nitrogen functional groups attached to an aromatic ring is 1. The number of aliphatic hydroxyl groups is 2. The first-order chi connectivity index (χ1) is 9.13. The molecule has 0 amide bonds. The average molecular weight is 266 g/mol. The van der Waals surface area contributed by atoms with Gasteiger partial charge in [-0.15, -0.1) is 0 Å². The predicted molar refractivity (Wildman–Crippen MR) is 61.2 cm³/mol. The van der Waals surface area contributed by atoms with Crippen LogP contribution < -0.4 is 5.73 Å². The molecule has 4 atom stereocenters. The van der Waals surface area contributed by atoms with Crippen LogP contribution in [0, 0.1) is 0 Å². The van der Waals surface area contributed by atoms with Crippen LogP contribution in [0.3, 0.4) is 0 Å². The monoisotopic (exact) mass is 266 g/mol. The Hall–Kier alpha value is -1.81. The predicted octanol–water partition coefficient (Wildman–Crippen LogP) is -1.54. The van der Waals surface area contributed by atoms with Crippen molar-refractivity contribution in [3.05, 3.63) is 12.7 Å². The Balaban J connectivity index is 2.04. The Labute approximate surface area is 107 Å². The largest absolute Gasteiger partial charge is 0.387 e. The lowest BCUT2D eigenvalue weighted by molar-refractivity contribution is -0.0623. The Morgan fingerprint density at radius 3 is 2.79 bits per heavy atom. The van der Waals surface area contributed by atoms with E-state index in [4.69, 9.17) is 10.5 Å². The Morgan fingerprint density at radius 1 is 1.32 bits per heavy atom. The molecule has 1 saturated heterocycles. The van der Waals surface area contributed by atoms with Crippen LogP contribution >= 0.6 is 0 Å². The topological polar surface area (TPSA) is 139 Å². The van der Waals surface area contributed by atoms with Crippen molar-refractivity contribution >= 4 is 17.0 Å². The first kappa shape index (κ1) is 12.2. The van der Waals surface area contributed by atoms with Crippen LogP contribution in [-0.2, 0) is 9.84 Å². The average Bonchev–Trinajstić information content (AvgIpc) is 2.94. The van der Waals surface area contributed by atoms with Crippen molar-refractivity contribution in [2.45, 2.75) is 24.5 Å². The zero-order valence-corrected chi connectivity index (χ0v) is 9.75. The number of aliphatic hydroxyl groups excluding tert-OH is 2. The van der Waals surface area contributed by atoms with Gasteiger partial charge < -0.3 is 20.7 Å². The van der Waals surface area contributed by atoms with Crippen molar-refractivity contribution in [3.8, 4) is 0 Å². The Morgan fingerprint density at radius 2 is 2.11 bits per heavy atom. The number of nitrogens with zero attached hydrogens (tertiary/aromatic N) is 4. The summed E-state index contributed by atoms with van der Waals surface area (Å²) < 4.78 is 6.76. The molecule has 4 N–H and O–H groups in total. The number of hydrogen-bond donors (Lipinski definition) is 3. The lowest BCUT2D eigenvalue weighted by Crippen LogP contribution is -2.32. The zero-order chi connectivity index (χ0) is 13.6. The molecule has 0 saturated carbocycles. The van der Waals surface area contributed by atoms with E-state index in [9.17, 15) is 15.3 Å². The van der Waals surface area contributed by atoms with Gasteiger partial charge in [-0.05, 0) is 0 Å². The number of nitrogens with two attached hydrogens (primary N) is 1. The molecule has 101 valence electrons. The molecule has 1 fully saturated rings. The van der Waals surface area contributed by atoms with Gasteiger partial charge in [0, 0.05) is 0 Å². The number of aromatic nitrogens is 4. The molecule has 2 aromatic rings. The minimum absolute atomic E-state index is 0.206. The number of hydrogen-bond acceptors (Lipinski definition) is 7. The smallest absolute Gasteiger partial charge is 0.167 e. The summed E-state index contributed by atoms with van der Waals surface area (Å²) in [7, 11) is 0. The van der Waals surface area contributed by atoms with Gasteiger partial charge in [-0.3, -0.25) is 4.57 Å². The van der Waals surface area contributed by atoms with E-state index in [2.05, 4.69) is 15.0 Å². The second kappa shape index (κ2) is 4.38. The van der Waals surface area contributed by atoms with Crippen molar-refractivity contribution in [1.82, 2.24) is 19.5 Å². The van der Waals surface area contributed by atoms with Crippen molar-refractivity contribution in [2.24, 2.45) is 0 Å². The van der Waals surface area contributed by atoms with E-state index in [1.165, 1.54) is 17.2 Å². The van der Waals surface area contributed by atoms with Crippen LogP contribution in [-0.4, -0.2) is 54.7 Å². The fourth-order valence-corrected chi connectivity index (χ4v) is 2.15. The third-order valence-electron chi connectivity index (χ3n) is 3.16. The van der Waals surface area contributed by atoms with Crippen molar-refractivity contribution < 1.29 is 20.1 Å². The maximum absolute atomic E-state index is 10.9. The summed E-state index contributed by atoms with van der Waals surface area (Å²) in [6, 6.07) is 0. The second-order valence-corrected chi connectivity index (χ2v) is 4.30. The fraction of sp³-hybridized carbons (Fsp3) is 0.500. The van der Waals surface area contributed by atoms with Gasteiger partial charge in [-0.2, -0.15) is 0 Å². The molecule has 1 aliphatic heterocycles. The SMILES string of the molecule is Nc1ncnc2c1ncn2[C@@H]1O[C@H](C[O])[C@@H](O)[C@H]1O. The standard InChI is InChI=1S/C10H12N5O4/c11-8-5-9(13-2-12-8)15(3-14-5)10-7(18)6(17)4(1-16)19-10/h2-4,6-7,10,17-18H,1H2,(H2,11,12,13)/t4-,6-,7-,10-/m1/s1. The molecular formula is C10H12N5O4. The molecule has 0 bridgehead atoms. The number of ether oxygens (including phenoxy) is 1. The lowest BCUT2D eigenvalue weighted by atomic mass is 10.1. The van der Waals surface area contributed by atoms with E-state index in [1.54, 1.807) is 0 Å². The van der Waals surface area contributed by atoms with Gasteiger partial charge in [-0.1, -0.05) is 0 Å². The maximum Gasteiger partial charge on any atom is 0.167 e. The molecular weight excluding hydrogens is 254 g/mol. The van der Waals surface area contributed by atoms with Crippen molar-refractivity contribution in [3.63, 3.8) is 0 Å². The third-order valence-corrected chi connectivity index (χ3v) is 3.16. The Kier molecular flexibility index (Phi) is 2.82. The molecule has 3 heterocycles. The maximum atomic E-state index is 10.9.